The summed E-state index contributed by atoms with van der Waals surface area (Å²) in [5.74, 6) is 1.01. The Labute approximate surface area is 105 Å². The molecule has 1 saturated heterocycles. The lowest BCUT2D eigenvalue weighted by Gasteiger charge is -2.07. The average molecular weight is 248 g/mol. The zero-order chi connectivity index (χ0) is 12.5. The molecule has 3 heterocycles. The van der Waals surface area contributed by atoms with Crippen molar-refractivity contribution in [1.82, 2.24) is 20.3 Å². The van der Waals surface area contributed by atoms with Crippen LogP contribution in [0.2, 0.25) is 0 Å². The van der Waals surface area contributed by atoms with Crippen molar-refractivity contribution >= 4 is 11.0 Å². The Morgan fingerprint density at radius 3 is 2.83 bits per heavy atom. The van der Waals surface area contributed by atoms with Crippen LogP contribution < -0.4 is 14.8 Å². The van der Waals surface area contributed by atoms with Gasteiger partial charge in [0.25, 0.3) is 0 Å². The highest BCUT2D eigenvalue weighted by Crippen LogP contribution is 2.32. The fraction of sp³-hybridized carbons (Fsp3) is 0.500. The van der Waals surface area contributed by atoms with E-state index in [1.54, 1.807) is 14.2 Å². The van der Waals surface area contributed by atoms with E-state index in [0.717, 1.165) is 30.5 Å². The van der Waals surface area contributed by atoms with Crippen LogP contribution in [0, 0.1) is 0 Å². The maximum atomic E-state index is 5.27. The van der Waals surface area contributed by atoms with Crippen molar-refractivity contribution < 1.29 is 9.47 Å². The number of nitrogens with one attached hydrogen (secondary N) is 2. The minimum Gasteiger partial charge on any atom is -0.479 e. The van der Waals surface area contributed by atoms with Crippen molar-refractivity contribution in [2.24, 2.45) is 0 Å². The van der Waals surface area contributed by atoms with Gasteiger partial charge in [-0.25, -0.2) is 0 Å². The number of H-pyrrole nitrogens is 1. The number of hydrogen-bond acceptors (Lipinski definition) is 5. The first-order valence-electron chi connectivity index (χ1n) is 6.01. The summed E-state index contributed by atoms with van der Waals surface area (Å²) in [5.41, 5.74) is 2.93. The van der Waals surface area contributed by atoms with Crippen LogP contribution in [0.1, 0.15) is 17.9 Å². The number of aromatic amines is 1. The largest absolute Gasteiger partial charge is 0.479 e. The molecule has 2 N–H and O–H groups in total. The highest BCUT2D eigenvalue weighted by Gasteiger charge is 2.23. The van der Waals surface area contributed by atoms with E-state index in [9.17, 15) is 0 Å². The fourth-order valence-electron chi connectivity index (χ4n) is 2.45. The molecule has 0 aromatic carbocycles. The molecule has 1 fully saturated rings. The van der Waals surface area contributed by atoms with Crippen molar-refractivity contribution in [3.05, 3.63) is 11.8 Å². The molecule has 2 aromatic heterocycles. The van der Waals surface area contributed by atoms with E-state index in [1.807, 2.05) is 6.20 Å². The first-order chi connectivity index (χ1) is 8.83. The van der Waals surface area contributed by atoms with E-state index in [4.69, 9.17) is 9.47 Å². The van der Waals surface area contributed by atoms with Crippen molar-refractivity contribution in [3.8, 4) is 11.9 Å². The number of aromatic nitrogens is 3. The zero-order valence-corrected chi connectivity index (χ0v) is 10.5. The minimum absolute atomic E-state index is 0.339. The first-order valence-corrected chi connectivity index (χ1v) is 6.01. The van der Waals surface area contributed by atoms with E-state index in [1.165, 1.54) is 5.56 Å². The van der Waals surface area contributed by atoms with Gasteiger partial charge in [-0.05, 0) is 13.0 Å². The van der Waals surface area contributed by atoms with Gasteiger partial charge in [0.15, 0.2) is 0 Å². The number of ether oxygens (including phenoxy) is 2. The van der Waals surface area contributed by atoms with Gasteiger partial charge in [0.05, 0.1) is 14.2 Å². The van der Waals surface area contributed by atoms with Gasteiger partial charge in [0.1, 0.15) is 11.0 Å². The SMILES string of the molecule is COc1nc(OC)c2[nH]cc(C3CCNC3)c2n1. The van der Waals surface area contributed by atoms with E-state index < -0.39 is 0 Å². The molecule has 6 nitrogen and oxygen atoms in total. The third-order valence-electron chi connectivity index (χ3n) is 3.38. The zero-order valence-electron chi connectivity index (χ0n) is 10.5. The van der Waals surface area contributed by atoms with Crippen molar-refractivity contribution in [2.75, 3.05) is 27.3 Å². The second-order valence-electron chi connectivity index (χ2n) is 4.38. The van der Waals surface area contributed by atoms with E-state index >= 15 is 0 Å². The number of nitrogens with zero attached hydrogens (tertiary/aromatic N) is 2. The summed E-state index contributed by atoms with van der Waals surface area (Å²) in [7, 11) is 3.16. The Hall–Kier alpha value is -1.82. The van der Waals surface area contributed by atoms with Crippen LogP contribution in [0.25, 0.3) is 11.0 Å². The van der Waals surface area contributed by atoms with Crippen LogP contribution in [-0.2, 0) is 0 Å². The van der Waals surface area contributed by atoms with Gasteiger partial charge < -0.3 is 19.8 Å². The monoisotopic (exact) mass is 248 g/mol. The normalized spacial score (nSPS) is 19.3. The Morgan fingerprint density at radius 2 is 2.17 bits per heavy atom. The van der Waals surface area contributed by atoms with Gasteiger partial charge >= 0.3 is 6.01 Å². The van der Waals surface area contributed by atoms with Gasteiger partial charge in [-0.1, -0.05) is 0 Å². The van der Waals surface area contributed by atoms with Crippen LogP contribution in [-0.4, -0.2) is 42.3 Å². The maximum absolute atomic E-state index is 5.27. The lowest BCUT2D eigenvalue weighted by Crippen LogP contribution is -2.08. The number of hydrogen-bond donors (Lipinski definition) is 2. The summed E-state index contributed by atoms with van der Waals surface area (Å²) in [6, 6.07) is 0.339. The molecule has 0 bridgehead atoms. The Morgan fingerprint density at radius 1 is 1.28 bits per heavy atom. The van der Waals surface area contributed by atoms with Gasteiger partial charge in [-0.2, -0.15) is 9.97 Å². The Balaban J connectivity index is 2.15. The molecule has 1 aliphatic rings. The summed E-state index contributed by atoms with van der Waals surface area (Å²) in [6.45, 7) is 2.04. The molecule has 6 heteroatoms. The van der Waals surface area contributed by atoms with Crippen molar-refractivity contribution in [2.45, 2.75) is 12.3 Å². The second kappa shape index (κ2) is 4.45. The lowest BCUT2D eigenvalue weighted by molar-refractivity contribution is 0.356. The van der Waals surface area contributed by atoms with Crippen LogP contribution in [0.3, 0.4) is 0 Å². The molecule has 1 unspecified atom stereocenters. The molecule has 0 spiro atoms. The van der Waals surface area contributed by atoms with Crippen molar-refractivity contribution in [3.63, 3.8) is 0 Å². The number of fused-ring (bicyclic) bond motifs is 1. The lowest BCUT2D eigenvalue weighted by atomic mass is 10.0. The fourth-order valence-corrected chi connectivity index (χ4v) is 2.45. The Kier molecular flexibility index (Phi) is 2.79. The third kappa shape index (κ3) is 1.69. The Bertz CT molecular complexity index is 560. The van der Waals surface area contributed by atoms with Gasteiger partial charge in [-0.3, -0.25) is 0 Å². The van der Waals surface area contributed by atoms with Gasteiger partial charge in [-0.15, -0.1) is 0 Å². The standard InChI is InChI=1S/C12H16N4O2/c1-17-11-10-9(15-12(16-11)18-2)8(6-14-10)7-3-4-13-5-7/h6-7,13-14H,3-5H2,1-2H3. The maximum Gasteiger partial charge on any atom is 0.320 e. The predicted octanol–water partition coefficient (Wildman–Crippen LogP) is 1.05. The molecule has 0 radical (unpaired) electrons. The van der Waals surface area contributed by atoms with E-state index in [-0.39, 0.29) is 0 Å². The number of rotatable bonds is 3. The smallest absolute Gasteiger partial charge is 0.320 e. The summed E-state index contributed by atoms with van der Waals surface area (Å²) < 4.78 is 10.4. The van der Waals surface area contributed by atoms with Crippen LogP contribution in [0.15, 0.2) is 6.20 Å². The summed E-state index contributed by atoms with van der Waals surface area (Å²) in [5, 5.41) is 3.36. The highest BCUT2D eigenvalue weighted by atomic mass is 16.5. The van der Waals surface area contributed by atoms with Crippen LogP contribution in [0.4, 0.5) is 0 Å². The summed E-state index contributed by atoms with van der Waals surface area (Å²) in [6.07, 6.45) is 3.13. The van der Waals surface area contributed by atoms with Crippen LogP contribution in [0.5, 0.6) is 11.9 Å². The minimum atomic E-state index is 0.339. The number of methoxy groups -OCH3 is 2. The van der Waals surface area contributed by atoms with E-state index in [0.29, 0.717) is 17.8 Å². The molecule has 0 aliphatic carbocycles. The molecule has 96 valence electrons. The molecular weight excluding hydrogens is 232 g/mol. The molecule has 1 atom stereocenters. The third-order valence-corrected chi connectivity index (χ3v) is 3.38. The average Bonchev–Trinajstić information content (AvgIpc) is 3.05. The quantitative estimate of drug-likeness (QED) is 0.849. The highest BCUT2D eigenvalue weighted by molar-refractivity contribution is 5.84. The summed E-state index contributed by atoms with van der Waals surface area (Å²) in [4.78, 5) is 11.8. The van der Waals surface area contributed by atoms with Crippen molar-refractivity contribution in [1.29, 1.82) is 0 Å². The van der Waals surface area contributed by atoms with Gasteiger partial charge in [0.2, 0.25) is 5.88 Å². The second-order valence-corrected chi connectivity index (χ2v) is 4.38. The molecule has 2 aromatic rings. The summed E-state index contributed by atoms with van der Waals surface area (Å²) >= 11 is 0. The molecule has 18 heavy (non-hydrogen) atoms. The van der Waals surface area contributed by atoms with Crippen LogP contribution >= 0.6 is 0 Å². The van der Waals surface area contributed by atoms with Gasteiger partial charge in [0, 0.05) is 24.2 Å². The molecule has 1 aliphatic heterocycles. The predicted molar refractivity (Wildman–Crippen MR) is 67.2 cm³/mol. The molecule has 0 amide bonds. The van der Waals surface area contributed by atoms with E-state index in [2.05, 4.69) is 20.3 Å². The molecular formula is C12H16N4O2. The molecule has 0 saturated carbocycles. The molecule has 3 rings (SSSR count). The first kappa shape index (κ1) is 11.3. The topological polar surface area (TPSA) is 72.1 Å².